The van der Waals surface area contributed by atoms with Crippen LogP contribution in [0.15, 0.2) is 36.7 Å². The number of anilines is 1. The molecule has 2 aromatic rings. The van der Waals surface area contributed by atoms with Gasteiger partial charge in [-0.25, -0.2) is 4.98 Å². The number of rotatable bonds is 3. The Kier molecular flexibility index (Phi) is 4.00. The van der Waals surface area contributed by atoms with Gasteiger partial charge in [-0.1, -0.05) is 18.2 Å². The van der Waals surface area contributed by atoms with Gasteiger partial charge in [0.25, 0.3) is 0 Å². The first-order valence-electron chi connectivity index (χ1n) is 7.42. The van der Waals surface area contributed by atoms with Gasteiger partial charge in [-0.2, -0.15) is 0 Å². The van der Waals surface area contributed by atoms with Crippen molar-refractivity contribution in [1.29, 1.82) is 0 Å². The number of aromatic hydroxyl groups is 1. The fourth-order valence-electron chi connectivity index (χ4n) is 2.75. The van der Waals surface area contributed by atoms with E-state index in [0.717, 1.165) is 19.0 Å². The van der Waals surface area contributed by atoms with E-state index in [1.54, 1.807) is 24.4 Å². The van der Waals surface area contributed by atoms with Gasteiger partial charge in [0.15, 0.2) is 0 Å². The molecule has 1 saturated heterocycles. The van der Waals surface area contributed by atoms with E-state index in [2.05, 4.69) is 9.88 Å². The van der Waals surface area contributed by atoms with Gasteiger partial charge in [0, 0.05) is 51.2 Å². The van der Waals surface area contributed by atoms with Crippen LogP contribution in [-0.2, 0) is 18.3 Å². The van der Waals surface area contributed by atoms with E-state index < -0.39 is 0 Å². The summed E-state index contributed by atoms with van der Waals surface area (Å²) in [5, 5.41) is 9.77. The van der Waals surface area contributed by atoms with Crippen LogP contribution in [0.25, 0.3) is 0 Å². The van der Waals surface area contributed by atoms with Crippen LogP contribution in [-0.4, -0.2) is 51.6 Å². The number of hydrogen-bond donors (Lipinski definition) is 1. The van der Waals surface area contributed by atoms with Crippen molar-refractivity contribution < 1.29 is 9.90 Å². The third-order valence-corrected chi connectivity index (χ3v) is 4.04. The van der Waals surface area contributed by atoms with Crippen molar-refractivity contribution in [2.75, 3.05) is 31.1 Å². The number of piperazine rings is 1. The molecule has 22 heavy (non-hydrogen) atoms. The van der Waals surface area contributed by atoms with Crippen LogP contribution in [0.4, 0.5) is 5.95 Å². The maximum Gasteiger partial charge on any atom is 0.227 e. The average Bonchev–Trinajstić information content (AvgIpc) is 2.96. The van der Waals surface area contributed by atoms with E-state index >= 15 is 0 Å². The summed E-state index contributed by atoms with van der Waals surface area (Å²) < 4.78 is 1.99. The minimum absolute atomic E-state index is 0.0565. The van der Waals surface area contributed by atoms with Crippen LogP contribution in [0, 0.1) is 0 Å². The number of hydrogen-bond acceptors (Lipinski definition) is 4. The second kappa shape index (κ2) is 6.09. The number of aryl methyl sites for hydroxylation is 1. The zero-order valence-electron chi connectivity index (χ0n) is 12.6. The second-order valence-electron chi connectivity index (χ2n) is 5.51. The van der Waals surface area contributed by atoms with Gasteiger partial charge in [0.1, 0.15) is 5.75 Å². The van der Waals surface area contributed by atoms with Crippen molar-refractivity contribution in [3.8, 4) is 5.75 Å². The number of phenolic OH excluding ortho intramolecular Hbond substituents is 1. The standard InChI is InChI=1S/C16H20N4O2/c1-18-7-6-17-16(18)20-10-8-19(9-11-20)15(22)12-13-4-2-3-5-14(13)21/h2-7,21H,8-12H2,1H3. The van der Waals surface area contributed by atoms with Gasteiger partial charge in [-0.05, 0) is 6.07 Å². The number of benzene rings is 1. The molecule has 6 nitrogen and oxygen atoms in total. The maximum absolute atomic E-state index is 12.4. The predicted octanol–water partition coefficient (Wildman–Crippen LogP) is 1.02. The van der Waals surface area contributed by atoms with Crippen LogP contribution in [0.5, 0.6) is 5.75 Å². The summed E-state index contributed by atoms with van der Waals surface area (Å²) >= 11 is 0. The van der Waals surface area contributed by atoms with Crippen molar-refractivity contribution in [2.24, 2.45) is 7.05 Å². The normalized spacial score (nSPS) is 15.1. The molecule has 1 fully saturated rings. The van der Waals surface area contributed by atoms with Crippen molar-refractivity contribution in [3.05, 3.63) is 42.2 Å². The molecule has 1 N–H and O–H groups in total. The summed E-state index contributed by atoms with van der Waals surface area (Å²) in [7, 11) is 1.97. The van der Waals surface area contributed by atoms with E-state index in [4.69, 9.17) is 0 Å². The molecule has 2 heterocycles. The lowest BCUT2D eigenvalue weighted by Crippen LogP contribution is -2.49. The van der Waals surface area contributed by atoms with E-state index in [0.29, 0.717) is 18.7 Å². The highest BCUT2D eigenvalue weighted by atomic mass is 16.3. The largest absolute Gasteiger partial charge is 0.508 e. The van der Waals surface area contributed by atoms with E-state index in [1.807, 2.05) is 28.8 Å². The number of carbonyl (C=O) groups is 1. The van der Waals surface area contributed by atoms with Crippen LogP contribution in [0.2, 0.25) is 0 Å². The highest BCUT2D eigenvalue weighted by Crippen LogP contribution is 2.18. The van der Waals surface area contributed by atoms with Crippen LogP contribution in [0.3, 0.4) is 0 Å². The number of amides is 1. The summed E-state index contributed by atoms with van der Waals surface area (Å²) in [4.78, 5) is 20.7. The summed E-state index contributed by atoms with van der Waals surface area (Å²) in [5.74, 6) is 1.18. The van der Waals surface area contributed by atoms with Crippen LogP contribution < -0.4 is 4.90 Å². The molecule has 1 aromatic carbocycles. The van der Waals surface area contributed by atoms with Gasteiger partial charge in [-0.15, -0.1) is 0 Å². The number of imidazole rings is 1. The molecule has 0 bridgehead atoms. The first kappa shape index (κ1) is 14.4. The number of nitrogens with zero attached hydrogens (tertiary/aromatic N) is 4. The molecule has 0 aliphatic carbocycles. The molecule has 0 saturated carbocycles. The molecule has 0 atom stereocenters. The minimum Gasteiger partial charge on any atom is -0.508 e. The molecule has 1 aliphatic rings. The lowest BCUT2D eigenvalue weighted by molar-refractivity contribution is -0.130. The molecular formula is C16H20N4O2. The first-order chi connectivity index (χ1) is 10.6. The highest BCUT2D eigenvalue weighted by Gasteiger charge is 2.23. The number of carbonyl (C=O) groups excluding carboxylic acids is 1. The Hall–Kier alpha value is -2.50. The van der Waals surface area contributed by atoms with E-state index in [9.17, 15) is 9.90 Å². The topological polar surface area (TPSA) is 61.6 Å². The zero-order chi connectivity index (χ0) is 15.5. The molecule has 1 amide bonds. The van der Waals surface area contributed by atoms with Gasteiger partial charge in [0.05, 0.1) is 6.42 Å². The predicted molar refractivity (Wildman–Crippen MR) is 83.8 cm³/mol. The second-order valence-corrected chi connectivity index (χ2v) is 5.51. The lowest BCUT2D eigenvalue weighted by atomic mass is 10.1. The number of phenols is 1. The first-order valence-corrected chi connectivity index (χ1v) is 7.42. The maximum atomic E-state index is 12.4. The molecule has 116 valence electrons. The Bertz CT molecular complexity index is 660. The Balaban J connectivity index is 1.58. The monoisotopic (exact) mass is 300 g/mol. The summed E-state index contributed by atoms with van der Waals surface area (Å²) in [6.07, 6.45) is 3.95. The summed E-state index contributed by atoms with van der Waals surface area (Å²) in [6, 6.07) is 7.00. The highest BCUT2D eigenvalue weighted by molar-refractivity contribution is 5.79. The Morgan fingerprint density at radius 2 is 1.95 bits per heavy atom. The molecule has 1 aromatic heterocycles. The smallest absolute Gasteiger partial charge is 0.227 e. The third kappa shape index (κ3) is 2.90. The van der Waals surface area contributed by atoms with Crippen LogP contribution >= 0.6 is 0 Å². The van der Waals surface area contributed by atoms with Crippen molar-refractivity contribution in [2.45, 2.75) is 6.42 Å². The SMILES string of the molecule is Cn1ccnc1N1CCN(C(=O)Cc2ccccc2O)CC1. The van der Waals surface area contributed by atoms with Crippen molar-refractivity contribution >= 4 is 11.9 Å². The molecule has 1 aliphatic heterocycles. The number of aromatic nitrogens is 2. The fourth-order valence-corrected chi connectivity index (χ4v) is 2.75. The number of para-hydroxylation sites is 1. The average molecular weight is 300 g/mol. The van der Waals surface area contributed by atoms with Gasteiger partial charge in [-0.3, -0.25) is 4.79 Å². The minimum atomic E-state index is 0.0565. The van der Waals surface area contributed by atoms with Crippen LogP contribution in [0.1, 0.15) is 5.56 Å². The molecule has 0 spiro atoms. The Morgan fingerprint density at radius 3 is 2.59 bits per heavy atom. The lowest BCUT2D eigenvalue weighted by Gasteiger charge is -2.35. The van der Waals surface area contributed by atoms with E-state index in [-0.39, 0.29) is 18.1 Å². The van der Waals surface area contributed by atoms with Gasteiger partial charge >= 0.3 is 0 Å². The zero-order valence-corrected chi connectivity index (χ0v) is 12.6. The molecule has 0 unspecified atom stereocenters. The Labute approximate surface area is 129 Å². The molecule has 6 heteroatoms. The van der Waals surface area contributed by atoms with Crippen molar-refractivity contribution in [1.82, 2.24) is 14.5 Å². The van der Waals surface area contributed by atoms with Gasteiger partial charge in [0.2, 0.25) is 11.9 Å². The summed E-state index contributed by atoms with van der Waals surface area (Å²) in [6.45, 7) is 2.91. The molecule has 3 rings (SSSR count). The Morgan fingerprint density at radius 1 is 1.23 bits per heavy atom. The molecular weight excluding hydrogens is 280 g/mol. The third-order valence-electron chi connectivity index (χ3n) is 4.04. The molecule has 0 radical (unpaired) electrons. The van der Waals surface area contributed by atoms with Gasteiger partial charge < -0.3 is 19.5 Å². The summed E-state index contributed by atoms with van der Waals surface area (Å²) in [5.41, 5.74) is 0.680. The quantitative estimate of drug-likeness (QED) is 0.919. The fraction of sp³-hybridized carbons (Fsp3) is 0.375. The van der Waals surface area contributed by atoms with E-state index in [1.165, 1.54) is 0 Å². The van der Waals surface area contributed by atoms with Crippen molar-refractivity contribution in [3.63, 3.8) is 0 Å².